The van der Waals surface area contributed by atoms with Gasteiger partial charge < -0.3 is 9.73 Å². The second-order valence-electron chi connectivity index (χ2n) is 5.08. The summed E-state index contributed by atoms with van der Waals surface area (Å²) in [7, 11) is 0. The lowest BCUT2D eigenvalue weighted by Gasteiger charge is -2.17. The van der Waals surface area contributed by atoms with E-state index in [1.54, 1.807) is 25.1 Å². The van der Waals surface area contributed by atoms with Gasteiger partial charge in [-0.1, -0.05) is 0 Å². The Bertz CT molecular complexity index is 713. The van der Waals surface area contributed by atoms with Gasteiger partial charge in [-0.25, -0.2) is 0 Å². The Balaban J connectivity index is 1.97. The van der Waals surface area contributed by atoms with Gasteiger partial charge in [-0.2, -0.15) is 0 Å². The van der Waals surface area contributed by atoms with Crippen LogP contribution in [0.2, 0.25) is 0 Å². The Hall–Kier alpha value is -2.36. The van der Waals surface area contributed by atoms with Crippen molar-refractivity contribution in [3.05, 3.63) is 52.5 Å². The molecule has 0 unspecified atom stereocenters. The summed E-state index contributed by atoms with van der Waals surface area (Å²) in [6.45, 7) is 3.62. The van der Waals surface area contributed by atoms with Crippen LogP contribution in [0.15, 0.2) is 28.7 Å². The van der Waals surface area contributed by atoms with Gasteiger partial charge in [-0.15, -0.1) is 0 Å². The number of rotatable bonds is 2. The van der Waals surface area contributed by atoms with Crippen molar-refractivity contribution in [2.45, 2.75) is 26.7 Å². The molecule has 1 aromatic carbocycles. The number of carbonyl (C=O) groups excluding carboxylic acids is 2. The first-order valence-electron chi connectivity index (χ1n) is 6.59. The van der Waals surface area contributed by atoms with Crippen molar-refractivity contribution in [3.63, 3.8) is 0 Å². The minimum atomic E-state index is -0.0425. The summed E-state index contributed by atoms with van der Waals surface area (Å²) < 4.78 is 5.41. The van der Waals surface area contributed by atoms with E-state index in [4.69, 9.17) is 4.42 Å². The van der Waals surface area contributed by atoms with E-state index in [1.807, 2.05) is 13.0 Å². The molecule has 0 saturated heterocycles. The summed E-state index contributed by atoms with van der Waals surface area (Å²) >= 11 is 0. The third-order valence-electron chi connectivity index (χ3n) is 3.55. The number of aryl methyl sites for hydroxylation is 3. The van der Waals surface area contributed by atoms with Gasteiger partial charge in [0, 0.05) is 17.7 Å². The van der Waals surface area contributed by atoms with Crippen LogP contribution in [0.25, 0.3) is 0 Å². The average Bonchev–Trinajstić information content (AvgIpc) is 2.76. The Morgan fingerprint density at radius 2 is 2.00 bits per heavy atom. The van der Waals surface area contributed by atoms with Crippen molar-refractivity contribution in [3.8, 4) is 0 Å². The lowest BCUT2D eigenvalue weighted by Crippen LogP contribution is -2.19. The number of hydrogen-bond donors (Lipinski definition) is 1. The smallest absolute Gasteiger partial charge is 0.224 e. The first-order valence-corrected chi connectivity index (χ1v) is 6.59. The standard InChI is InChI=1S/C16H15NO3/c1-9-7-13(10(2)20-9)16(19)12-3-5-14-11(8-12)4-6-15(18)17-14/h3,5,7-8H,4,6H2,1-2H3,(H,17,18). The maximum atomic E-state index is 12.5. The minimum Gasteiger partial charge on any atom is -0.466 e. The molecule has 1 N–H and O–H groups in total. The van der Waals surface area contributed by atoms with Gasteiger partial charge in [0.1, 0.15) is 11.5 Å². The third kappa shape index (κ3) is 2.13. The van der Waals surface area contributed by atoms with E-state index in [2.05, 4.69) is 5.32 Å². The van der Waals surface area contributed by atoms with Crippen LogP contribution in [0.4, 0.5) is 5.69 Å². The maximum absolute atomic E-state index is 12.5. The fourth-order valence-electron chi connectivity index (χ4n) is 2.54. The van der Waals surface area contributed by atoms with Crippen molar-refractivity contribution >= 4 is 17.4 Å². The van der Waals surface area contributed by atoms with Crippen LogP contribution in [-0.2, 0) is 11.2 Å². The molecule has 4 heteroatoms. The molecule has 1 aliphatic rings. The number of anilines is 1. The third-order valence-corrected chi connectivity index (χ3v) is 3.55. The van der Waals surface area contributed by atoms with Crippen molar-refractivity contribution in [2.75, 3.05) is 5.32 Å². The zero-order valence-corrected chi connectivity index (χ0v) is 11.4. The lowest BCUT2D eigenvalue weighted by atomic mass is 9.96. The molecule has 0 bridgehead atoms. The van der Waals surface area contributed by atoms with Gasteiger partial charge in [0.25, 0.3) is 0 Å². The number of ketones is 1. The minimum absolute atomic E-state index is 0.0258. The molecule has 1 aliphatic heterocycles. The highest BCUT2D eigenvalue weighted by molar-refractivity contribution is 6.10. The number of furan rings is 1. The molecule has 0 atom stereocenters. The molecule has 20 heavy (non-hydrogen) atoms. The number of benzene rings is 1. The molecule has 2 aromatic rings. The van der Waals surface area contributed by atoms with Crippen molar-refractivity contribution in [1.82, 2.24) is 0 Å². The van der Waals surface area contributed by atoms with Crippen LogP contribution in [0, 0.1) is 13.8 Å². The molecular formula is C16H15NO3. The highest BCUT2D eigenvalue weighted by atomic mass is 16.3. The molecular weight excluding hydrogens is 254 g/mol. The van der Waals surface area contributed by atoms with Crippen LogP contribution < -0.4 is 5.32 Å². The Morgan fingerprint density at radius 1 is 1.20 bits per heavy atom. The van der Waals surface area contributed by atoms with Gasteiger partial charge in [0.15, 0.2) is 5.78 Å². The summed E-state index contributed by atoms with van der Waals surface area (Å²) in [6.07, 6.45) is 1.14. The SMILES string of the molecule is Cc1cc(C(=O)c2ccc3c(c2)CCC(=O)N3)c(C)o1. The quantitative estimate of drug-likeness (QED) is 0.852. The summed E-state index contributed by atoms with van der Waals surface area (Å²) in [6, 6.07) is 7.16. The Kier molecular flexibility index (Phi) is 2.93. The monoisotopic (exact) mass is 269 g/mol. The molecule has 102 valence electrons. The number of nitrogens with one attached hydrogen (secondary N) is 1. The van der Waals surface area contributed by atoms with E-state index in [1.165, 1.54) is 0 Å². The molecule has 2 heterocycles. The van der Waals surface area contributed by atoms with E-state index in [0.29, 0.717) is 29.7 Å². The van der Waals surface area contributed by atoms with Crippen LogP contribution in [0.1, 0.15) is 39.4 Å². The van der Waals surface area contributed by atoms with Crippen LogP contribution in [-0.4, -0.2) is 11.7 Å². The first kappa shape index (κ1) is 12.7. The predicted octanol–water partition coefficient (Wildman–Crippen LogP) is 3.01. The zero-order valence-electron chi connectivity index (χ0n) is 11.4. The van der Waals surface area contributed by atoms with E-state index in [-0.39, 0.29) is 11.7 Å². The van der Waals surface area contributed by atoms with Gasteiger partial charge in [0.05, 0.1) is 5.56 Å². The summed E-state index contributed by atoms with van der Waals surface area (Å²) in [5.74, 6) is 1.35. The fraction of sp³-hybridized carbons (Fsp3) is 0.250. The average molecular weight is 269 g/mol. The number of amides is 1. The lowest BCUT2D eigenvalue weighted by molar-refractivity contribution is -0.116. The number of fused-ring (bicyclic) bond motifs is 1. The van der Waals surface area contributed by atoms with E-state index in [0.717, 1.165) is 17.0 Å². The summed E-state index contributed by atoms with van der Waals surface area (Å²) in [4.78, 5) is 23.8. The van der Waals surface area contributed by atoms with Gasteiger partial charge in [-0.05, 0) is 50.1 Å². The topological polar surface area (TPSA) is 59.3 Å². The first-order chi connectivity index (χ1) is 9.54. The van der Waals surface area contributed by atoms with Gasteiger partial charge in [0.2, 0.25) is 5.91 Å². The number of carbonyl (C=O) groups is 2. The molecule has 0 aliphatic carbocycles. The molecule has 0 fully saturated rings. The zero-order chi connectivity index (χ0) is 14.3. The predicted molar refractivity (Wildman–Crippen MR) is 75.0 cm³/mol. The normalized spacial score (nSPS) is 13.8. The van der Waals surface area contributed by atoms with Crippen molar-refractivity contribution < 1.29 is 14.0 Å². The Labute approximate surface area is 116 Å². The molecule has 0 spiro atoms. The van der Waals surface area contributed by atoms with Crippen molar-refractivity contribution in [2.24, 2.45) is 0 Å². The van der Waals surface area contributed by atoms with E-state index in [9.17, 15) is 9.59 Å². The molecule has 0 radical (unpaired) electrons. The van der Waals surface area contributed by atoms with Crippen molar-refractivity contribution in [1.29, 1.82) is 0 Å². The second-order valence-corrected chi connectivity index (χ2v) is 5.08. The molecule has 3 rings (SSSR count). The van der Waals surface area contributed by atoms with E-state index < -0.39 is 0 Å². The fourth-order valence-corrected chi connectivity index (χ4v) is 2.54. The van der Waals surface area contributed by atoms with Crippen LogP contribution in [0.3, 0.4) is 0 Å². The molecule has 4 nitrogen and oxygen atoms in total. The largest absolute Gasteiger partial charge is 0.466 e. The second kappa shape index (κ2) is 4.63. The molecule has 1 amide bonds. The van der Waals surface area contributed by atoms with Gasteiger partial charge >= 0.3 is 0 Å². The van der Waals surface area contributed by atoms with Gasteiger partial charge in [-0.3, -0.25) is 9.59 Å². The van der Waals surface area contributed by atoms with E-state index >= 15 is 0 Å². The number of hydrogen-bond acceptors (Lipinski definition) is 3. The highest BCUT2D eigenvalue weighted by Gasteiger charge is 2.19. The maximum Gasteiger partial charge on any atom is 0.224 e. The molecule has 0 saturated carbocycles. The van der Waals surface area contributed by atoms with Crippen LogP contribution in [0.5, 0.6) is 0 Å². The summed E-state index contributed by atoms with van der Waals surface area (Å²) in [5, 5.41) is 2.81. The Morgan fingerprint density at radius 3 is 2.70 bits per heavy atom. The summed E-state index contributed by atoms with van der Waals surface area (Å²) in [5.41, 5.74) is 3.04. The molecule has 1 aromatic heterocycles. The van der Waals surface area contributed by atoms with Crippen LogP contribution >= 0.6 is 0 Å². The highest BCUT2D eigenvalue weighted by Crippen LogP contribution is 2.25.